The van der Waals surface area contributed by atoms with Crippen molar-refractivity contribution in [3.8, 4) is 0 Å². The van der Waals surface area contributed by atoms with Gasteiger partial charge in [-0.05, 0) is 24.1 Å². The number of hydrogen-bond acceptors (Lipinski definition) is 2. The minimum atomic E-state index is -1.15. The largest absolute Gasteiger partial charge is 0.480 e. The van der Waals surface area contributed by atoms with Crippen LogP contribution in [-0.2, 0) is 4.79 Å². The van der Waals surface area contributed by atoms with Crippen LogP contribution in [-0.4, -0.2) is 23.0 Å². The van der Waals surface area contributed by atoms with E-state index in [0.717, 1.165) is 6.07 Å². The first-order valence-corrected chi connectivity index (χ1v) is 6.23. The van der Waals surface area contributed by atoms with E-state index < -0.39 is 23.7 Å². The van der Waals surface area contributed by atoms with E-state index in [1.165, 1.54) is 12.1 Å². The Morgan fingerprint density at radius 3 is 2.63 bits per heavy atom. The van der Waals surface area contributed by atoms with Crippen LogP contribution in [0.5, 0.6) is 0 Å². The van der Waals surface area contributed by atoms with Crippen molar-refractivity contribution in [1.29, 1.82) is 0 Å². The minimum Gasteiger partial charge on any atom is -0.480 e. The van der Waals surface area contributed by atoms with Gasteiger partial charge in [0, 0.05) is 5.02 Å². The second-order valence-corrected chi connectivity index (χ2v) is 4.74. The molecule has 0 heterocycles. The molecule has 0 aliphatic carbocycles. The second-order valence-electron chi connectivity index (χ2n) is 4.30. The summed E-state index contributed by atoms with van der Waals surface area (Å²) in [4.78, 5) is 23.0. The van der Waals surface area contributed by atoms with Crippen LogP contribution in [0.4, 0.5) is 4.39 Å². The third-order valence-corrected chi connectivity index (χ3v) is 3.17. The van der Waals surface area contributed by atoms with Crippen LogP contribution in [0.25, 0.3) is 0 Å². The maximum atomic E-state index is 13.5. The van der Waals surface area contributed by atoms with E-state index in [9.17, 15) is 14.0 Å². The maximum absolute atomic E-state index is 13.5. The lowest BCUT2D eigenvalue weighted by Crippen LogP contribution is -2.45. The first kappa shape index (κ1) is 15.4. The van der Waals surface area contributed by atoms with Crippen molar-refractivity contribution in [2.24, 2.45) is 5.92 Å². The van der Waals surface area contributed by atoms with Crippen molar-refractivity contribution in [1.82, 2.24) is 5.32 Å². The Morgan fingerprint density at radius 2 is 2.11 bits per heavy atom. The highest BCUT2D eigenvalue weighted by Gasteiger charge is 2.26. The van der Waals surface area contributed by atoms with Crippen LogP contribution in [0.3, 0.4) is 0 Å². The molecule has 2 N–H and O–H groups in total. The molecule has 2 atom stereocenters. The number of amides is 1. The number of aliphatic carboxylic acids is 1. The summed E-state index contributed by atoms with van der Waals surface area (Å²) in [6.45, 7) is 3.51. The van der Waals surface area contributed by atoms with Gasteiger partial charge in [0.1, 0.15) is 11.9 Å². The molecule has 0 fully saturated rings. The van der Waals surface area contributed by atoms with E-state index in [-0.39, 0.29) is 16.5 Å². The lowest BCUT2D eigenvalue weighted by atomic mass is 9.99. The zero-order chi connectivity index (χ0) is 14.6. The van der Waals surface area contributed by atoms with Crippen LogP contribution in [0.2, 0.25) is 5.02 Å². The summed E-state index contributed by atoms with van der Waals surface area (Å²) in [5.41, 5.74) is -0.262. The number of carbonyl (C=O) groups is 2. The third kappa shape index (κ3) is 3.92. The van der Waals surface area contributed by atoms with Crippen molar-refractivity contribution in [3.63, 3.8) is 0 Å². The molecule has 0 radical (unpaired) electrons. The normalized spacial score (nSPS) is 13.7. The fourth-order valence-corrected chi connectivity index (χ4v) is 1.75. The average molecular weight is 288 g/mol. The Hall–Kier alpha value is -1.62. The molecule has 0 saturated heterocycles. The van der Waals surface area contributed by atoms with Crippen molar-refractivity contribution < 1.29 is 19.1 Å². The molecule has 0 aliphatic rings. The van der Waals surface area contributed by atoms with Gasteiger partial charge in [-0.2, -0.15) is 0 Å². The van der Waals surface area contributed by atoms with Crippen molar-refractivity contribution in [2.75, 3.05) is 0 Å². The van der Waals surface area contributed by atoms with Crippen LogP contribution in [0.1, 0.15) is 30.6 Å². The lowest BCUT2D eigenvalue weighted by molar-refractivity contribution is -0.140. The van der Waals surface area contributed by atoms with Gasteiger partial charge in [-0.15, -0.1) is 0 Å². The topological polar surface area (TPSA) is 66.4 Å². The fourth-order valence-electron chi connectivity index (χ4n) is 1.57. The first-order valence-electron chi connectivity index (χ1n) is 5.85. The molecule has 4 nitrogen and oxygen atoms in total. The molecule has 104 valence electrons. The van der Waals surface area contributed by atoms with Gasteiger partial charge in [0.05, 0.1) is 5.56 Å². The predicted octanol–water partition coefficient (Wildman–Crippen LogP) is 2.71. The zero-order valence-electron chi connectivity index (χ0n) is 10.6. The predicted molar refractivity (Wildman–Crippen MR) is 69.8 cm³/mol. The quantitative estimate of drug-likeness (QED) is 0.875. The summed E-state index contributed by atoms with van der Waals surface area (Å²) in [5, 5.41) is 11.6. The Balaban J connectivity index is 2.94. The Bertz CT molecular complexity index is 493. The monoisotopic (exact) mass is 287 g/mol. The van der Waals surface area contributed by atoms with Crippen molar-refractivity contribution >= 4 is 23.5 Å². The summed E-state index contributed by atoms with van der Waals surface area (Å²) in [7, 11) is 0. The highest BCUT2D eigenvalue weighted by atomic mass is 35.5. The number of hydrogen-bond donors (Lipinski definition) is 2. The molecule has 1 aromatic rings. The van der Waals surface area contributed by atoms with E-state index in [1.54, 1.807) is 6.92 Å². The number of nitrogens with one attached hydrogen (secondary N) is 1. The standard InChI is InChI=1S/C13H15ClFNO3/c1-3-7(2)11(13(18)19)16-12(17)9-6-8(14)4-5-10(9)15/h4-7,11H,3H2,1-2H3,(H,16,17)(H,18,19). The third-order valence-electron chi connectivity index (χ3n) is 2.94. The Morgan fingerprint density at radius 1 is 1.47 bits per heavy atom. The molecule has 0 spiro atoms. The highest BCUT2D eigenvalue weighted by Crippen LogP contribution is 2.16. The van der Waals surface area contributed by atoms with Crippen LogP contribution < -0.4 is 5.32 Å². The number of benzene rings is 1. The molecule has 0 saturated carbocycles. The van der Waals surface area contributed by atoms with Crippen molar-refractivity contribution in [3.05, 3.63) is 34.6 Å². The molecule has 0 aromatic heterocycles. The molecule has 1 aromatic carbocycles. The number of carbonyl (C=O) groups excluding carboxylic acids is 1. The smallest absolute Gasteiger partial charge is 0.326 e. The van der Waals surface area contributed by atoms with Gasteiger partial charge in [0.15, 0.2) is 0 Å². The molecule has 1 amide bonds. The molecule has 19 heavy (non-hydrogen) atoms. The number of rotatable bonds is 5. The van der Waals surface area contributed by atoms with Gasteiger partial charge in [-0.3, -0.25) is 4.79 Å². The van der Waals surface area contributed by atoms with Gasteiger partial charge in [-0.25, -0.2) is 9.18 Å². The van der Waals surface area contributed by atoms with Gasteiger partial charge in [0.2, 0.25) is 0 Å². The summed E-state index contributed by atoms with van der Waals surface area (Å²) in [6.07, 6.45) is 0.579. The Kier molecular flexibility index (Phi) is 5.30. The van der Waals surface area contributed by atoms with Crippen LogP contribution in [0.15, 0.2) is 18.2 Å². The highest BCUT2D eigenvalue weighted by molar-refractivity contribution is 6.31. The summed E-state index contributed by atoms with van der Waals surface area (Å²) >= 11 is 5.69. The zero-order valence-corrected chi connectivity index (χ0v) is 11.4. The van der Waals surface area contributed by atoms with E-state index in [4.69, 9.17) is 16.7 Å². The Labute approximate surface area is 115 Å². The van der Waals surface area contributed by atoms with Gasteiger partial charge in [0.25, 0.3) is 5.91 Å². The molecule has 6 heteroatoms. The first-order chi connectivity index (χ1) is 8.86. The van der Waals surface area contributed by atoms with E-state index in [2.05, 4.69) is 5.32 Å². The van der Waals surface area contributed by atoms with Crippen LogP contribution >= 0.6 is 11.6 Å². The number of halogens is 2. The molecular formula is C13H15ClFNO3. The molecule has 1 rings (SSSR count). The maximum Gasteiger partial charge on any atom is 0.326 e. The number of carboxylic acid groups (broad SMARTS) is 1. The van der Waals surface area contributed by atoms with Crippen LogP contribution in [0, 0.1) is 11.7 Å². The van der Waals surface area contributed by atoms with E-state index in [0.29, 0.717) is 6.42 Å². The number of carboxylic acids is 1. The van der Waals surface area contributed by atoms with Crippen molar-refractivity contribution in [2.45, 2.75) is 26.3 Å². The second kappa shape index (κ2) is 6.52. The average Bonchev–Trinajstić information content (AvgIpc) is 2.37. The molecular weight excluding hydrogens is 273 g/mol. The summed E-state index contributed by atoms with van der Waals surface area (Å²) in [6, 6.07) is 2.49. The van der Waals surface area contributed by atoms with Gasteiger partial charge < -0.3 is 10.4 Å². The molecule has 2 unspecified atom stereocenters. The molecule has 0 bridgehead atoms. The van der Waals surface area contributed by atoms with Gasteiger partial charge >= 0.3 is 5.97 Å². The van der Waals surface area contributed by atoms with E-state index in [1.807, 2.05) is 6.92 Å². The molecule has 0 aliphatic heterocycles. The summed E-state index contributed by atoms with van der Waals surface area (Å²) < 4.78 is 13.5. The fraction of sp³-hybridized carbons (Fsp3) is 0.385. The lowest BCUT2D eigenvalue weighted by Gasteiger charge is -2.20. The summed E-state index contributed by atoms with van der Waals surface area (Å²) in [5.74, 6) is -2.93. The minimum absolute atomic E-state index is 0.210. The van der Waals surface area contributed by atoms with E-state index >= 15 is 0 Å². The SMILES string of the molecule is CCC(C)C(NC(=O)c1cc(Cl)ccc1F)C(=O)O. The van der Waals surface area contributed by atoms with Gasteiger partial charge in [-0.1, -0.05) is 31.9 Å².